The van der Waals surface area contributed by atoms with Crippen LogP contribution in [0.5, 0.6) is 0 Å². The molecule has 0 atom stereocenters. The minimum absolute atomic E-state index is 0. The van der Waals surface area contributed by atoms with Gasteiger partial charge in [-0.15, -0.1) is 24.0 Å². The summed E-state index contributed by atoms with van der Waals surface area (Å²) in [6.45, 7) is 5.87. The van der Waals surface area contributed by atoms with Crippen molar-refractivity contribution in [1.29, 1.82) is 0 Å². The van der Waals surface area contributed by atoms with Crippen molar-refractivity contribution < 1.29 is 4.39 Å². The van der Waals surface area contributed by atoms with E-state index >= 15 is 0 Å². The zero-order valence-electron chi connectivity index (χ0n) is 10.5. The third-order valence-corrected chi connectivity index (χ3v) is 2.60. The SMILES string of the molecule is CCNC(=NCc1cc(Br)ccc1F)NCC.I. The fraction of sp³-hybridized carbons (Fsp3) is 0.417. The van der Waals surface area contributed by atoms with E-state index in [1.165, 1.54) is 6.07 Å². The molecule has 3 nitrogen and oxygen atoms in total. The monoisotopic (exact) mass is 429 g/mol. The van der Waals surface area contributed by atoms with Crippen LogP contribution in [0.4, 0.5) is 4.39 Å². The Hall–Kier alpha value is -0.370. The molecule has 0 bridgehead atoms. The smallest absolute Gasteiger partial charge is 0.191 e. The first-order valence-electron chi connectivity index (χ1n) is 5.63. The molecule has 0 unspecified atom stereocenters. The minimum Gasteiger partial charge on any atom is -0.357 e. The highest BCUT2D eigenvalue weighted by atomic mass is 127. The molecule has 102 valence electrons. The highest BCUT2D eigenvalue weighted by Crippen LogP contribution is 2.16. The summed E-state index contributed by atoms with van der Waals surface area (Å²) >= 11 is 3.32. The van der Waals surface area contributed by atoms with Crippen LogP contribution in [-0.4, -0.2) is 19.0 Å². The van der Waals surface area contributed by atoms with E-state index in [1.54, 1.807) is 12.1 Å². The van der Waals surface area contributed by atoms with E-state index in [1.807, 2.05) is 13.8 Å². The summed E-state index contributed by atoms with van der Waals surface area (Å²) in [4.78, 5) is 4.31. The predicted molar refractivity (Wildman–Crippen MR) is 88.0 cm³/mol. The van der Waals surface area contributed by atoms with E-state index in [2.05, 4.69) is 31.6 Å². The number of guanidine groups is 1. The van der Waals surface area contributed by atoms with Gasteiger partial charge in [-0.3, -0.25) is 0 Å². The van der Waals surface area contributed by atoms with E-state index in [4.69, 9.17) is 0 Å². The average Bonchev–Trinajstić information content (AvgIpc) is 2.30. The van der Waals surface area contributed by atoms with Crippen molar-refractivity contribution in [2.24, 2.45) is 4.99 Å². The van der Waals surface area contributed by atoms with Crippen LogP contribution in [-0.2, 0) is 6.54 Å². The van der Waals surface area contributed by atoms with Gasteiger partial charge in [0.25, 0.3) is 0 Å². The van der Waals surface area contributed by atoms with Crippen molar-refractivity contribution in [1.82, 2.24) is 10.6 Å². The van der Waals surface area contributed by atoms with Crippen LogP contribution in [0.15, 0.2) is 27.7 Å². The molecule has 1 rings (SSSR count). The molecule has 2 N–H and O–H groups in total. The maximum absolute atomic E-state index is 13.5. The maximum Gasteiger partial charge on any atom is 0.191 e. The Labute approximate surface area is 133 Å². The van der Waals surface area contributed by atoms with Crippen molar-refractivity contribution in [2.45, 2.75) is 20.4 Å². The predicted octanol–water partition coefficient (Wildman–Crippen LogP) is 3.28. The van der Waals surface area contributed by atoms with Gasteiger partial charge in [0.05, 0.1) is 6.54 Å². The normalized spacial score (nSPS) is 9.33. The number of aliphatic imine (C=N–C) groups is 1. The van der Waals surface area contributed by atoms with Crippen LogP contribution in [0, 0.1) is 5.82 Å². The van der Waals surface area contributed by atoms with Crippen molar-refractivity contribution in [3.8, 4) is 0 Å². The van der Waals surface area contributed by atoms with Crippen molar-refractivity contribution in [2.75, 3.05) is 13.1 Å². The Balaban J connectivity index is 0.00000289. The van der Waals surface area contributed by atoms with Crippen LogP contribution in [0.3, 0.4) is 0 Å². The van der Waals surface area contributed by atoms with Gasteiger partial charge in [-0.2, -0.15) is 0 Å². The maximum atomic E-state index is 13.5. The average molecular weight is 430 g/mol. The first kappa shape index (κ1) is 17.6. The quantitative estimate of drug-likeness (QED) is 0.437. The van der Waals surface area contributed by atoms with E-state index in [0.29, 0.717) is 18.1 Å². The topological polar surface area (TPSA) is 36.4 Å². The molecule has 0 spiro atoms. The molecule has 18 heavy (non-hydrogen) atoms. The minimum atomic E-state index is -0.232. The van der Waals surface area contributed by atoms with Crippen LogP contribution in [0.2, 0.25) is 0 Å². The van der Waals surface area contributed by atoms with Gasteiger partial charge < -0.3 is 10.6 Å². The molecule has 0 aliphatic heterocycles. The lowest BCUT2D eigenvalue weighted by atomic mass is 10.2. The Morgan fingerprint density at radius 1 is 1.28 bits per heavy atom. The van der Waals surface area contributed by atoms with Gasteiger partial charge >= 0.3 is 0 Å². The number of nitrogens with zero attached hydrogens (tertiary/aromatic N) is 1. The molecule has 1 aromatic carbocycles. The summed E-state index contributed by atoms with van der Waals surface area (Å²) in [5.41, 5.74) is 0.577. The third-order valence-electron chi connectivity index (χ3n) is 2.10. The lowest BCUT2D eigenvalue weighted by Gasteiger charge is -2.09. The molecule has 0 aliphatic rings. The lowest BCUT2D eigenvalue weighted by molar-refractivity contribution is 0.610. The van der Waals surface area contributed by atoms with Crippen molar-refractivity contribution in [3.63, 3.8) is 0 Å². The number of hydrogen-bond donors (Lipinski definition) is 2. The third kappa shape index (κ3) is 5.99. The number of halogens is 3. The van der Waals surface area contributed by atoms with Gasteiger partial charge in [0.2, 0.25) is 0 Å². The molecule has 0 saturated carbocycles. The van der Waals surface area contributed by atoms with Gasteiger partial charge in [-0.1, -0.05) is 15.9 Å². The van der Waals surface area contributed by atoms with E-state index in [0.717, 1.165) is 17.6 Å². The Bertz CT molecular complexity index is 391. The number of hydrogen-bond acceptors (Lipinski definition) is 1. The summed E-state index contributed by atoms with van der Waals surface area (Å²) in [6, 6.07) is 4.86. The van der Waals surface area contributed by atoms with E-state index in [-0.39, 0.29) is 29.8 Å². The number of benzene rings is 1. The summed E-state index contributed by atoms with van der Waals surface area (Å²) < 4.78 is 14.3. The molecule has 0 saturated heterocycles. The van der Waals surface area contributed by atoms with Crippen LogP contribution in [0.25, 0.3) is 0 Å². The molecule has 6 heteroatoms. The summed E-state index contributed by atoms with van der Waals surface area (Å²) in [7, 11) is 0. The zero-order valence-corrected chi connectivity index (χ0v) is 14.4. The van der Waals surface area contributed by atoms with Gasteiger partial charge in [-0.05, 0) is 32.0 Å². The second kappa shape index (κ2) is 9.55. The molecular formula is C12H18BrFIN3. The van der Waals surface area contributed by atoms with Gasteiger partial charge in [0.1, 0.15) is 5.82 Å². The fourth-order valence-electron chi connectivity index (χ4n) is 1.34. The first-order chi connectivity index (χ1) is 8.17. The molecule has 0 heterocycles. The Morgan fingerprint density at radius 3 is 2.44 bits per heavy atom. The highest BCUT2D eigenvalue weighted by molar-refractivity contribution is 14.0. The molecule has 0 aliphatic carbocycles. The lowest BCUT2D eigenvalue weighted by Crippen LogP contribution is -2.37. The second-order valence-corrected chi connectivity index (χ2v) is 4.38. The van der Waals surface area contributed by atoms with Crippen LogP contribution < -0.4 is 10.6 Å². The molecular weight excluding hydrogens is 412 g/mol. The fourth-order valence-corrected chi connectivity index (χ4v) is 1.75. The standard InChI is InChI=1S/C12H17BrFN3.HI/c1-3-15-12(16-4-2)17-8-9-7-10(13)5-6-11(9)14;/h5-7H,3-4,8H2,1-2H3,(H2,15,16,17);1H. The Kier molecular flexibility index (Phi) is 9.35. The second-order valence-electron chi connectivity index (χ2n) is 3.46. The van der Waals surface area contributed by atoms with Gasteiger partial charge in [-0.25, -0.2) is 9.38 Å². The molecule has 0 fully saturated rings. The molecule has 0 aromatic heterocycles. The molecule has 1 aromatic rings. The number of nitrogens with one attached hydrogen (secondary N) is 2. The largest absolute Gasteiger partial charge is 0.357 e. The summed E-state index contributed by atoms with van der Waals surface area (Å²) in [6.07, 6.45) is 0. The molecule has 0 amide bonds. The van der Waals surface area contributed by atoms with Crippen LogP contribution in [0.1, 0.15) is 19.4 Å². The summed E-state index contributed by atoms with van der Waals surface area (Å²) in [5.74, 6) is 0.471. The van der Waals surface area contributed by atoms with Gasteiger partial charge in [0, 0.05) is 23.1 Å². The Morgan fingerprint density at radius 2 is 1.89 bits per heavy atom. The molecule has 0 radical (unpaired) electrons. The first-order valence-corrected chi connectivity index (χ1v) is 6.42. The van der Waals surface area contributed by atoms with E-state index in [9.17, 15) is 4.39 Å². The van der Waals surface area contributed by atoms with Crippen LogP contribution >= 0.6 is 39.9 Å². The highest BCUT2D eigenvalue weighted by Gasteiger charge is 2.02. The van der Waals surface area contributed by atoms with E-state index < -0.39 is 0 Å². The van der Waals surface area contributed by atoms with Crippen molar-refractivity contribution >= 4 is 45.9 Å². The number of rotatable bonds is 4. The van der Waals surface area contributed by atoms with Crippen molar-refractivity contribution in [3.05, 3.63) is 34.1 Å². The summed E-state index contributed by atoms with van der Waals surface area (Å²) in [5, 5.41) is 6.19. The van der Waals surface area contributed by atoms with Gasteiger partial charge in [0.15, 0.2) is 5.96 Å². The zero-order chi connectivity index (χ0) is 12.7.